The van der Waals surface area contributed by atoms with E-state index in [-0.39, 0.29) is 5.75 Å². The molecule has 2 aromatic carbocycles. The van der Waals surface area contributed by atoms with E-state index in [2.05, 4.69) is 4.98 Å². The Hall–Kier alpha value is -2.49. The average Bonchev–Trinajstić information content (AvgIpc) is 2.84. The van der Waals surface area contributed by atoms with Gasteiger partial charge in [-0.25, -0.2) is 4.98 Å². The van der Waals surface area contributed by atoms with Crippen LogP contribution < -0.4 is 4.74 Å². The topological polar surface area (TPSA) is 47.3 Å². The lowest BCUT2D eigenvalue weighted by atomic mass is 10.1. The molecule has 20 heavy (non-hydrogen) atoms. The Morgan fingerprint density at radius 2 is 2.00 bits per heavy atom. The molecule has 0 aliphatic carbocycles. The molecule has 0 amide bonds. The molecule has 0 spiro atoms. The molecule has 102 valence electrons. The molecule has 1 heterocycles. The highest BCUT2D eigenvalue weighted by Crippen LogP contribution is 2.24. The molecule has 0 aliphatic rings. The molecule has 0 unspecified atom stereocenters. The Morgan fingerprint density at radius 1 is 1.15 bits per heavy atom. The van der Waals surface area contributed by atoms with Gasteiger partial charge in [0.25, 0.3) is 0 Å². The SMILES string of the molecule is Cn1ccnc1CCOc1ccc2ccc(O)cc2c1. The molecule has 1 aromatic heterocycles. The van der Waals surface area contributed by atoms with Crippen molar-refractivity contribution in [2.75, 3.05) is 6.61 Å². The van der Waals surface area contributed by atoms with Gasteiger partial charge in [-0.1, -0.05) is 12.1 Å². The third-order valence-electron chi connectivity index (χ3n) is 3.31. The zero-order valence-corrected chi connectivity index (χ0v) is 11.3. The lowest BCUT2D eigenvalue weighted by Crippen LogP contribution is -2.06. The highest BCUT2D eigenvalue weighted by Gasteiger charge is 2.02. The predicted octanol–water partition coefficient (Wildman–Crippen LogP) is 2.90. The molecular weight excluding hydrogens is 252 g/mol. The second-order valence-electron chi connectivity index (χ2n) is 4.75. The molecule has 4 heteroatoms. The Bertz CT molecular complexity index is 734. The van der Waals surface area contributed by atoms with Gasteiger partial charge in [-0.05, 0) is 35.0 Å². The van der Waals surface area contributed by atoms with Crippen LogP contribution >= 0.6 is 0 Å². The smallest absolute Gasteiger partial charge is 0.119 e. The lowest BCUT2D eigenvalue weighted by molar-refractivity contribution is 0.318. The number of rotatable bonds is 4. The fourth-order valence-electron chi connectivity index (χ4n) is 2.20. The number of hydrogen-bond donors (Lipinski definition) is 1. The van der Waals surface area contributed by atoms with Gasteiger partial charge in [0.1, 0.15) is 17.3 Å². The lowest BCUT2D eigenvalue weighted by Gasteiger charge is -2.07. The number of aromatic nitrogens is 2. The summed E-state index contributed by atoms with van der Waals surface area (Å²) >= 11 is 0. The van der Waals surface area contributed by atoms with Crippen LogP contribution in [0.25, 0.3) is 10.8 Å². The Kier molecular flexibility index (Phi) is 3.29. The molecular formula is C16H16N2O2. The van der Waals surface area contributed by atoms with Crippen molar-refractivity contribution < 1.29 is 9.84 Å². The van der Waals surface area contributed by atoms with E-state index in [1.54, 1.807) is 18.3 Å². The van der Waals surface area contributed by atoms with Gasteiger partial charge in [0.05, 0.1) is 6.61 Å². The molecule has 3 rings (SSSR count). The van der Waals surface area contributed by atoms with Crippen LogP contribution in [0, 0.1) is 0 Å². The number of phenols is 1. The van der Waals surface area contributed by atoms with E-state index >= 15 is 0 Å². The van der Waals surface area contributed by atoms with Gasteiger partial charge in [0, 0.05) is 25.9 Å². The Morgan fingerprint density at radius 3 is 2.80 bits per heavy atom. The number of phenolic OH excluding ortho intramolecular Hbond substituents is 1. The van der Waals surface area contributed by atoms with E-state index in [0.717, 1.165) is 28.8 Å². The van der Waals surface area contributed by atoms with Crippen LogP contribution in [-0.4, -0.2) is 21.3 Å². The minimum absolute atomic E-state index is 0.266. The van der Waals surface area contributed by atoms with Crippen molar-refractivity contribution in [2.24, 2.45) is 7.05 Å². The van der Waals surface area contributed by atoms with Gasteiger partial charge in [0.15, 0.2) is 0 Å². The molecule has 0 radical (unpaired) electrons. The molecule has 0 saturated carbocycles. The Balaban J connectivity index is 1.70. The third-order valence-corrected chi connectivity index (χ3v) is 3.31. The standard InChI is InChI=1S/C16H16N2O2/c1-18-8-7-17-16(18)6-9-20-15-5-3-12-2-4-14(19)10-13(12)11-15/h2-5,7-8,10-11,19H,6,9H2,1H3. The fourth-order valence-corrected chi connectivity index (χ4v) is 2.20. The fraction of sp³-hybridized carbons (Fsp3) is 0.188. The quantitative estimate of drug-likeness (QED) is 0.791. The van der Waals surface area contributed by atoms with Gasteiger partial charge < -0.3 is 14.4 Å². The van der Waals surface area contributed by atoms with E-state index in [0.29, 0.717) is 6.61 Å². The van der Waals surface area contributed by atoms with Crippen LogP contribution in [0.4, 0.5) is 0 Å². The van der Waals surface area contributed by atoms with Crippen LogP contribution in [0.3, 0.4) is 0 Å². The first-order chi connectivity index (χ1) is 9.72. The molecule has 4 nitrogen and oxygen atoms in total. The summed E-state index contributed by atoms with van der Waals surface area (Å²) in [6, 6.07) is 11.2. The van der Waals surface area contributed by atoms with Crippen LogP contribution in [0.1, 0.15) is 5.82 Å². The summed E-state index contributed by atoms with van der Waals surface area (Å²) in [7, 11) is 1.97. The molecule has 0 fully saturated rings. The number of benzene rings is 2. The van der Waals surface area contributed by atoms with Crippen molar-refractivity contribution in [1.82, 2.24) is 9.55 Å². The van der Waals surface area contributed by atoms with Crippen molar-refractivity contribution in [3.05, 3.63) is 54.6 Å². The number of nitrogens with zero attached hydrogens (tertiary/aromatic N) is 2. The van der Waals surface area contributed by atoms with Crippen LogP contribution in [0.5, 0.6) is 11.5 Å². The van der Waals surface area contributed by atoms with Crippen molar-refractivity contribution in [1.29, 1.82) is 0 Å². The van der Waals surface area contributed by atoms with Crippen molar-refractivity contribution in [2.45, 2.75) is 6.42 Å². The van der Waals surface area contributed by atoms with E-state index in [9.17, 15) is 5.11 Å². The van der Waals surface area contributed by atoms with E-state index < -0.39 is 0 Å². The second kappa shape index (κ2) is 5.25. The summed E-state index contributed by atoms with van der Waals surface area (Å²) in [5, 5.41) is 11.6. The largest absolute Gasteiger partial charge is 0.508 e. The molecule has 3 aromatic rings. The zero-order valence-electron chi connectivity index (χ0n) is 11.3. The number of ether oxygens (including phenoxy) is 1. The van der Waals surface area contributed by atoms with Crippen LogP contribution in [-0.2, 0) is 13.5 Å². The molecule has 0 saturated heterocycles. The van der Waals surface area contributed by atoms with Gasteiger partial charge in [-0.2, -0.15) is 0 Å². The minimum Gasteiger partial charge on any atom is -0.508 e. The van der Waals surface area contributed by atoms with E-state index in [1.165, 1.54) is 0 Å². The molecule has 1 N–H and O–H groups in total. The monoisotopic (exact) mass is 268 g/mol. The first kappa shape index (κ1) is 12.5. The summed E-state index contributed by atoms with van der Waals surface area (Å²) in [5.41, 5.74) is 0. The highest BCUT2D eigenvalue weighted by molar-refractivity contribution is 5.85. The normalized spacial score (nSPS) is 10.8. The van der Waals surface area contributed by atoms with E-state index in [1.807, 2.05) is 42.1 Å². The maximum atomic E-state index is 9.50. The maximum absolute atomic E-state index is 9.50. The molecule has 0 bridgehead atoms. The van der Waals surface area contributed by atoms with Crippen LogP contribution in [0.2, 0.25) is 0 Å². The minimum atomic E-state index is 0.266. The summed E-state index contributed by atoms with van der Waals surface area (Å²) < 4.78 is 7.74. The first-order valence-electron chi connectivity index (χ1n) is 6.54. The van der Waals surface area contributed by atoms with Crippen LogP contribution in [0.15, 0.2) is 48.8 Å². The first-order valence-corrected chi connectivity index (χ1v) is 6.54. The molecule has 0 aliphatic heterocycles. The number of imidazole rings is 1. The second-order valence-corrected chi connectivity index (χ2v) is 4.75. The third kappa shape index (κ3) is 2.59. The summed E-state index contributed by atoms with van der Waals surface area (Å²) in [6.07, 6.45) is 4.48. The average molecular weight is 268 g/mol. The number of fused-ring (bicyclic) bond motifs is 1. The van der Waals surface area contributed by atoms with Gasteiger partial charge in [-0.15, -0.1) is 0 Å². The summed E-state index contributed by atoms with van der Waals surface area (Å²) in [4.78, 5) is 4.26. The van der Waals surface area contributed by atoms with Gasteiger partial charge in [0.2, 0.25) is 0 Å². The number of aromatic hydroxyl groups is 1. The molecule has 0 atom stereocenters. The Labute approximate surface area is 117 Å². The van der Waals surface area contributed by atoms with Crippen molar-refractivity contribution in [3.63, 3.8) is 0 Å². The highest BCUT2D eigenvalue weighted by atomic mass is 16.5. The predicted molar refractivity (Wildman–Crippen MR) is 78.0 cm³/mol. The maximum Gasteiger partial charge on any atom is 0.119 e. The van der Waals surface area contributed by atoms with Gasteiger partial charge in [-0.3, -0.25) is 0 Å². The summed E-state index contributed by atoms with van der Waals surface area (Å²) in [5.74, 6) is 2.07. The van der Waals surface area contributed by atoms with E-state index in [4.69, 9.17) is 4.74 Å². The number of hydrogen-bond acceptors (Lipinski definition) is 3. The van der Waals surface area contributed by atoms with Gasteiger partial charge >= 0.3 is 0 Å². The number of aryl methyl sites for hydroxylation is 1. The summed E-state index contributed by atoms with van der Waals surface area (Å²) in [6.45, 7) is 0.579. The van der Waals surface area contributed by atoms with Crippen molar-refractivity contribution >= 4 is 10.8 Å². The zero-order chi connectivity index (χ0) is 13.9. The van der Waals surface area contributed by atoms with Crippen molar-refractivity contribution in [3.8, 4) is 11.5 Å².